The molecule has 0 aromatic heterocycles. The van der Waals surface area contributed by atoms with E-state index in [0.29, 0.717) is 32.5 Å². The van der Waals surface area contributed by atoms with Gasteiger partial charge < -0.3 is 16.0 Å². The van der Waals surface area contributed by atoms with Gasteiger partial charge in [0.05, 0.1) is 0 Å². The topological polar surface area (TPSA) is 75.4 Å². The number of amides is 2. The molecule has 5 heteroatoms. The molecule has 1 aliphatic heterocycles. The average Bonchev–Trinajstić information content (AvgIpc) is 2.90. The van der Waals surface area contributed by atoms with Crippen LogP contribution in [0, 0.1) is 0 Å². The van der Waals surface area contributed by atoms with Crippen LogP contribution in [0.2, 0.25) is 0 Å². The van der Waals surface area contributed by atoms with Crippen molar-refractivity contribution in [1.82, 2.24) is 10.2 Å². The summed E-state index contributed by atoms with van der Waals surface area (Å²) in [5.41, 5.74) is 6.77. The first-order chi connectivity index (χ1) is 9.70. The fourth-order valence-corrected chi connectivity index (χ4v) is 2.42. The molecule has 1 aromatic carbocycles. The molecule has 0 spiro atoms. The first-order valence-corrected chi connectivity index (χ1v) is 7.03. The van der Waals surface area contributed by atoms with Gasteiger partial charge >= 0.3 is 0 Å². The van der Waals surface area contributed by atoms with Crippen LogP contribution in [0.4, 0.5) is 0 Å². The Morgan fingerprint density at radius 1 is 1.30 bits per heavy atom. The molecule has 2 rings (SSSR count). The largest absolute Gasteiger partial charge is 0.344 e. The Kier molecular flexibility index (Phi) is 5.12. The molecule has 1 heterocycles. The molecule has 0 aliphatic carbocycles. The average molecular weight is 275 g/mol. The SMILES string of the molecule is NCCN(CCc1ccccc1)C(=O)[C@H]1CCC(=O)N1. The predicted molar refractivity (Wildman–Crippen MR) is 76.9 cm³/mol. The Hall–Kier alpha value is -1.88. The summed E-state index contributed by atoms with van der Waals surface area (Å²) in [7, 11) is 0. The Bertz CT molecular complexity index is 461. The minimum Gasteiger partial charge on any atom is -0.344 e. The molecule has 1 aromatic rings. The molecule has 1 atom stereocenters. The predicted octanol–water partition coefficient (Wildman–Crippen LogP) is 0.295. The summed E-state index contributed by atoms with van der Waals surface area (Å²) in [5.74, 6) is -0.0589. The van der Waals surface area contributed by atoms with Gasteiger partial charge in [0.1, 0.15) is 6.04 Å². The standard InChI is InChI=1S/C15H21N3O2/c16-9-11-18(10-8-12-4-2-1-3-5-12)15(20)13-6-7-14(19)17-13/h1-5,13H,6-11,16H2,(H,17,19)/t13-/m1/s1. The second-order valence-corrected chi connectivity index (χ2v) is 5.01. The Morgan fingerprint density at radius 2 is 2.05 bits per heavy atom. The molecule has 1 saturated heterocycles. The molecule has 0 radical (unpaired) electrons. The van der Waals surface area contributed by atoms with Gasteiger partial charge in [0.2, 0.25) is 11.8 Å². The lowest BCUT2D eigenvalue weighted by molar-refractivity contribution is -0.134. The highest BCUT2D eigenvalue weighted by molar-refractivity contribution is 5.90. The van der Waals surface area contributed by atoms with Crippen molar-refractivity contribution >= 4 is 11.8 Å². The molecule has 3 N–H and O–H groups in total. The molecule has 20 heavy (non-hydrogen) atoms. The van der Waals surface area contributed by atoms with E-state index >= 15 is 0 Å². The molecular formula is C15H21N3O2. The van der Waals surface area contributed by atoms with Crippen LogP contribution in [0.15, 0.2) is 30.3 Å². The van der Waals surface area contributed by atoms with Crippen molar-refractivity contribution in [1.29, 1.82) is 0 Å². The number of nitrogens with one attached hydrogen (secondary N) is 1. The lowest BCUT2D eigenvalue weighted by atomic mass is 10.1. The van der Waals surface area contributed by atoms with Crippen molar-refractivity contribution in [3.8, 4) is 0 Å². The number of carbonyl (C=O) groups excluding carboxylic acids is 2. The first-order valence-electron chi connectivity index (χ1n) is 7.03. The molecule has 5 nitrogen and oxygen atoms in total. The number of benzene rings is 1. The van der Waals surface area contributed by atoms with Crippen LogP contribution < -0.4 is 11.1 Å². The summed E-state index contributed by atoms with van der Waals surface area (Å²) >= 11 is 0. The van der Waals surface area contributed by atoms with E-state index < -0.39 is 0 Å². The minimum atomic E-state index is -0.371. The van der Waals surface area contributed by atoms with Crippen molar-refractivity contribution < 1.29 is 9.59 Å². The first kappa shape index (κ1) is 14.5. The Balaban J connectivity index is 1.92. The van der Waals surface area contributed by atoms with Crippen molar-refractivity contribution in [2.24, 2.45) is 5.73 Å². The van der Waals surface area contributed by atoms with Gasteiger partial charge in [-0.2, -0.15) is 0 Å². The number of nitrogens with two attached hydrogens (primary N) is 1. The van der Waals surface area contributed by atoms with Gasteiger partial charge in [-0.15, -0.1) is 0 Å². The fourth-order valence-electron chi connectivity index (χ4n) is 2.42. The number of hydrogen-bond acceptors (Lipinski definition) is 3. The third-order valence-corrected chi connectivity index (χ3v) is 3.52. The molecule has 0 unspecified atom stereocenters. The van der Waals surface area contributed by atoms with Gasteiger partial charge in [-0.1, -0.05) is 30.3 Å². The Morgan fingerprint density at radius 3 is 2.65 bits per heavy atom. The Labute approximate surface area is 119 Å². The second kappa shape index (κ2) is 7.05. The highest BCUT2D eigenvalue weighted by atomic mass is 16.2. The van der Waals surface area contributed by atoms with Crippen LogP contribution in [-0.4, -0.2) is 42.4 Å². The van der Waals surface area contributed by atoms with Crippen LogP contribution >= 0.6 is 0 Å². The van der Waals surface area contributed by atoms with E-state index in [4.69, 9.17) is 5.73 Å². The number of rotatable bonds is 6. The summed E-state index contributed by atoms with van der Waals surface area (Å²) in [5, 5.41) is 2.72. The number of carbonyl (C=O) groups is 2. The van der Waals surface area contributed by atoms with Gasteiger partial charge in [0, 0.05) is 26.1 Å². The molecule has 0 saturated carbocycles. The van der Waals surface area contributed by atoms with Gasteiger partial charge in [-0.3, -0.25) is 9.59 Å². The van der Waals surface area contributed by atoms with Crippen molar-refractivity contribution in [3.05, 3.63) is 35.9 Å². The van der Waals surface area contributed by atoms with Crippen LogP contribution in [0.5, 0.6) is 0 Å². The normalized spacial score (nSPS) is 17.9. The number of nitrogens with zero attached hydrogens (tertiary/aromatic N) is 1. The molecular weight excluding hydrogens is 254 g/mol. The van der Waals surface area contributed by atoms with E-state index in [0.717, 1.165) is 6.42 Å². The zero-order valence-electron chi connectivity index (χ0n) is 11.5. The van der Waals surface area contributed by atoms with Gasteiger partial charge in [-0.05, 0) is 18.4 Å². The maximum Gasteiger partial charge on any atom is 0.245 e. The highest BCUT2D eigenvalue weighted by Gasteiger charge is 2.30. The van der Waals surface area contributed by atoms with Gasteiger partial charge in [-0.25, -0.2) is 0 Å². The third kappa shape index (κ3) is 3.81. The van der Waals surface area contributed by atoms with E-state index in [1.165, 1.54) is 5.56 Å². The smallest absolute Gasteiger partial charge is 0.245 e. The molecule has 108 valence electrons. The zero-order chi connectivity index (χ0) is 14.4. The second-order valence-electron chi connectivity index (χ2n) is 5.01. The van der Waals surface area contributed by atoms with Crippen LogP contribution in [0.3, 0.4) is 0 Å². The molecule has 2 amide bonds. The summed E-state index contributed by atoms with van der Waals surface area (Å²) in [6, 6.07) is 9.67. The van der Waals surface area contributed by atoms with E-state index in [-0.39, 0.29) is 17.9 Å². The van der Waals surface area contributed by atoms with Crippen LogP contribution in [0.25, 0.3) is 0 Å². The number of hydrogen-bond donors (Lipinski definition) is 2. The van der Waals surface area contributed by atoms with Crippen molar-refractivity contribution in [2.75, 3.05) is 19.6 Å². The minimum absolute atomic E-state index is 0.0165. The molecule has 1 fully saturated rings. The van der Waals surface area contributed by atoms with Gasteiger partial charge in [0.15, 0.2) is 0 Å². The highest BCUT2D eigenvalue weighted by Crippen LogP contribution is 2.10. The summed E-state index contributed by atoms with van der Waals surface area (Å²) in [6.07, 6.45) is 1.82. The monoisotopic (exact) mass is 275 g/mol. The summed E-state index contributed by atoms with van der Waals surface area (Å²) in [4.78, 5) is 25.3. The lowest BCUT2D eigenvalue weighted by Gasteiger charge is -2.25. The van der Waals surface area contributed by atoms with Crippen LogP contribution in [-0.2, 0) is 16.0 Å². The van der Waals surface area contributed by atoms with E-state index in [1.807, 2.05) is 30.3 Å². The molecule has 1 aliphatic rings. The zero-order valence-corrected chi connectivity index (χ0v) is 11.5. The van der Waals surface area contributed by atoms with E-state index in [2.05, 4.69) is 5.32 Å². The lowest BCUT2D eigenvalue weighted by Crippen LogP contribution is -2.46. The molecule has 0 bridgehead atoms. The maximum absolute atomic E-state index is 12.4. The van der Waals surface area contributed by atoms with E-state index in [1.54, 1.807) is 4.90 Å². The van der Waals surface area contributed by atoms with Crippen LogP contribution in [0.1, 0.15) is 18.4 Å². The van der Waals surface area contributed by atoms with Crippen molar-refractivity contribution in [3.63, 3.8) is 0 Å². The quantitative estimate of drug-likeness (QED) is 0.784. The third-order valence-electron chi connectivity index (χ3n) is 3.52. The summed E-state index contributed by atoms with van der Waals surface area (Å²) in [6.45, 7) is 1.59. The van der Waals surface area contributed by atoms with Gasteiger partial charge in [0.25, 0.3) is 0 Å². The maximum atomic E-state index is 12.4. The summed E-state index contributed by atoms with van der Waals surface area (Å²) < 4.78 is 0. The van der Waals surface area contributed by atoms with Crippen molar-refractivity contribution in [2.45, 2.75) is 25.3 Å². The fraction of sp³-hybridized carbons (Fsp3) is 0.467. The van der Waals surface area contributed by atoms with E-state index in [9.17, 15) is 9.59 Å².